The maximum Gasteiger partial charge on any atom is 0.466 e. The number of carboxylic acids is 3. The highest BCUT2D eigenvalue weighted by Crippen LogP contribution is 2.25. The van der Waals surface area contributed by atoms with Crippen molar-refractivity contribution in [1.82, 2.24) is 0 Å². The van der Waals surface area contributed by atoms with Crippen molar-refractivity contribution < 1.29 is 58.8 Å². The van der Waals surface area contributed by atoms with Crippen molar-refractivity contribution in [2.24, 2.45) is 0 Å². The van der Waals surface area contributed by atoms with Crippen molar-refractivity contribution in [2.45, 2.75) is 18.4 Å². The lowest BCUT2D eigenvalue weighted by atomic mass is 9.96. The number of hydrogen-bond acceptors (Lipinski definition) is 6. The number of hydrogen-bond donors (Lipinski definition) is 9. The van der Waals surface area contributed by atoms with Gasteiger partial charge in [-0.2, -0.15) is 0 Å². The van der Waals surface area contributed by atoms with E-state index in [0.29, 0.717) is 0 Å². The summed E-state index contributed by atoms with van der Waals surface area (Å²) in [5, 5.41) is 33.8. The third-order valence-corrected chi connectivity index (χ3v) is 1.29. The second kappa shape index (κ2) is 11.4. The Kier molecular flexibility index (Phi) is 13.4. The topological polar surface area (TPSA) is 227 Å². The highest BCUT2D eigenvalue weighted by atomic mass is 32.2. The van der Waals surface area contributed by atoms with Crippen LogP contribution < -0.4 is 0 Å². The van der Waals surface area contributed by atoms with Crippen molar-refractivity contribution in [1.29, 1.82) is 0 Å². The largest absolute Gasteiger partial charge is 0.481 e. The second-order valence-corrected chi connectivity index (χ2v) is 5.47. The van der Waals surface area contributed by atoms with Crippen LogP contribution in [-0.4, -0.2) is 63.1 Å². The molecule has 0 aliphatic rings. The highest BCUT2D eigenvalue weighted by Gasteiger charge is 2.40. The van der Waals surface area contributed by atoms with Crippen LogP contribution in [0.4, 0.5) is 4.79 Å². The second-order valence-electron chi connectivity index (χ2n) is 3.27. The predicted octanol–water partition coefficient (Wildman–Crippen LogP) is -1.21. The number of carbonyl (C=O) groups excluding carboxylic acids is 1. The van der Waals surface area contributed by atoms with Crippen LogP contribution in [0.3, 0.4) is 0 Å². The van der Waals surface area contributed by atoms with Crippen molar-refractivity contribution in [2.75, 3.05) is 0 Å². The molecule has 7 N–H and O–H groups in total. The summed E-state index contributed by atoms with van der Waals surface area (Å²) in [6.07, 6.45) is -2.29. The van der Waals surface area contributed by atoms with E-state index in [9.17, 15) is 19.2 Å². The van der Waals surface area contributed by atoms with Gasteiger partial charge in [-0.15, -0.1) is 0 Å². The lowest BCUT2D eigenvalue weighted by molar-refractivity contribution is -0.170. The number of aliphatic hydroxyl groups is 1. The summed E-state index contributed by atoms with van der Waals surface area (Å²) in [5.74, 6) is -5.02. The number of rotatable bonds is 5. The Hall–Kier alpha value is -1.15. The van der Waals surface area contributed by atoms with E-state index < -0.39 is 48.6 Å². The number of thiol groups is 2. The predicted molar refractivity (Wildman–Crippen MR) is 74.7 cm³/mol. The molecule has 0 saturated carbocycles. The molecule has 0 saturated heterocycles. The number of carbonyl (C=O) groups is 4. The van der Waals surface area contributed by atoms with Gasteiger partial charge in [0.2, 0.25) is 4.45 Å². The molecule has 0 spiro atoms. The van der Waals surface area contributed by atoms with E-state index in [4.69, 9.17) is 39.7 Å². The van der Waals surface area contributed by atoms with Gasteiger partial charge in [0.25, 0.3) is 0 Å². The van der Waals surface area contributed by atoms with Crippen molar-refractivity contribution in [3.05, 3.63) is 0 Å². The molecular formula is C7H13O12PS2. The fraction of sp³-hybridized carbons (Fsp3) is 0.429. The molecule has 0 aromatic carbocycles. The maximum atomic E-state index is 10.3. The van der Waals surface area contributed by atoms with E-state index in [1.807, 2.05) is 0 Å². The Morgan fingerprint density at radius 2 is 1.05 bits per heavy atom. The quantitative estimate of drug-likeness (QED) is 0.201. The molecule has 0 rings (SSSR count). The molecule has 0 aromatic rings. The van der Waals surface area contributed by atoms with Gasteiger partial charge < -0.3 is 35.1 Å². The van der Waals surface area contributed by atoms with Crippen LogP contribution in [0.25, 0.3) is 0 Å². The molecule has 0 unspecified atom stereocenters. The summed E-state index contributed by atoms with van der Waals surface area (Å²) in [5.41, 5.74) is -2.74. The smallest absolute Gasteiger partial charge is 0.466 e. The van der Waals surface area contributed by atoms with Crippen LogP contribution in [0.2, 0.25) is 0 Å². The van der Waals surface area contributed by atoms with Crippen LogP contribution >= 0.6 is 33.1 Å². The van der Waals surface area contributed by atoms with E-state index in [1.54, 1.807) is 0 Å². The zero-order valence-corrected chi connectivity index (χ0v) is 13.1. The van der Waals surface area contributed by atoms with Crippen LogP contribution in [0.5, 0.6) is 0 Å². The molecule has 15 heteroatoms. The minimum Gasteiger partial charge on any atom is -0.481 e. The van der Waals surface area contributed by atoms with Gasteiger partial charge in [0.1, 0.15) is 0 Å². The summed E-state index contributed by atoms with van der Waals surface area (Å²) >= 11 is 6.38. The molecule has 0 fully saturated rings. The van der Waals surface area contributed by atoms with Crippen LogP contribution in [0, 0.1) is 0 Å². The molecule has 0 radical (unpaired) electrons. The molecule has 0 aliphatic heterocycles. The molecule has 12 nitrogen and oxygen atoms in total. The number of phosphoric acid groups is 1. The third kappa shape index (κ3) is 27.2. The van der Waals surface area contributed by atoms with Gasteiger partial charge in [-0.25, -0.2) is 9.36 Å². The molecule has 0 amide bonds. The summed E-state index contributed by atoms with van der Waals surface area (Å²) in [6.45, 7) is 0. The molecule has 0 aliphatic carbocycles. The van der Waals surface area contributed by atoms with Gasteiger partial charge in [0.15, 0.2) is 5.60 Å². The molecule has 0 bridgehead atoms. The summed E-state index contributed by atoms with van der Waals surface area (Å²) in [7, 11) is -4.64. The van der Waals surface area contributed by atoms with E-state index >= 15 is 0 Å². The minimum absolute atomic E-state index is 0.444. The van der Waals surface area contributed by atoms with E-state index in [0.717, 1.165) is 0 Å². The first-order chi connectivity index (χ1) is 9.51. The summed E-state index contributed by atoms with van der Waals surface area (Å²) in [4.78, 5) is 61.2. The highest BCUT2D eigenvalue weighted by molar-refractivity contribution is 8.23. The summed E-state index contributed by atoms with van der Waals surface area (Å²) < 4.78 is 8.44. The van der Waals surface area contributed by atoms with E-state index in [2.05, 4.69) is 25.3 Å². The van der Waals surface area contributed by atoms with Gasteiger partial charge in [-0.1, -0.05) is 25.3 Å². The lowest BCUT2D eigenvalue weighted by Crippen LogP contribution is -2.42. The van der Waals surface area contributed by atoms with E-state index in [-0.39, 0.29) is 0 Å². The molecule has 0 atom stereocenters. The molecular weight excluding hydrogens is 371 g/mol. The van der Waals surface area contributed by atoms with Crippen LogP contribution in [0.15, 0.2) is 0 Å². The van der Waals surface area contributed by atoms with Crippen molar-refractivity contribution in [3.8, 4) is 0 Å². The third-order valence-electron chi connectivity index (χ3n) is 1.29. The van der Waals surface area contributed by atoms with Gasteiger partial charge in [0.05, 0.1) is 12.8 Å². The number of carboxylic acid groups (broad SMARTS) is 3. The first kappa shape index (κ1) is 25.8. The minimum atomic E-state index is -4.64. The molecule has 130 valence electrons. The Balaban J connectivity index is -0.000000330. The first-order valence-corrected chi connectivity index (χ1v) is 7.06. The van der Waals surface area contributed by atoms with Gasteiger partial charge in [-0.05, 0) is 0 Å². The van der Waals surface area contributed by atoms with Crippen LogP contribution in [-0.2, 0) is 18.9 Å². The zero-order chi connectivity index (χ0) is 18.7. The van der Waals surface area contributed by atoms with Crippen molar-refractivity contribution >= 4 is 55.4 Å². The fourth-order valence-corrected chi connectivity index (χ4v) is 0.714. The Morgan fingerprint density at radius 3 is 1.14 bits per heavy atom. The van der Waals surface area contributed by atoms with Gasteiger partial charge in [0, 0.05) is 0 Å². The molecule has 0 heterocycles. The normalized spacial score (nSPS) is 10.3. The van der Waals surface area contributed by atoms with Crippen molar-refractivity contribution in [3.63, 3.8) is 0 Å². The molecule has 22 heavy (non-hydrogen) atoms. The van der Waals surface area contributed by atoms with E-state index in [1.165, 1.54) is 0 Å². The Labute approximate surface area is 133 Å². The Morgan fingerprint density at radius 1 is 0.864 bits per heavy atom. The zero-order valence-electron chi connectivity index (χ0n) is 10.4. The lowest BCUT2D eigenvalue weighted by Gasteiger charge is -2.18. The average molecular weight is 384 g/mol. The average Bonchev–Trinajstić information content (AvgIpc) is 2.09. The molecule has 0 aromatic heterocycles. The SMILES string of the molecule is O=C(O)CC(O)(CC(=O)O)C(=O)O.O=C(S)S.O=P(O)(O)O. The standard InChI is InChI=1S/C6H8O7.CH2OS2.H3O4P/c7-3(8)1-6(13,5(11)12)2-4(9)10;2-1(3)4;1-5(2,3)4/h13H,1-2H2,(H,7,8)(H,9,10)(H,11,12);(H2,2,3,4);(H3,1,2,3,4). The Bertz CT molecular complexity index is 428. The van der Waals surface area contributed by atoms with Gasteiger partial charge in [-0.3, -0.25) is 14.4 Å². The van der Waals surface area contributed by atoms with Gasteiger partial charge >= 0.3 is 25.7 Å². The number of aliphatic carboxylic acids is 3. The monoisotopic (exact) mass is 384 g/mol. The maximum absolute atomic E-state index is 10.3. The first-order valence-electron chi connectivity index (χ1n) is 4.60. The van der Waals surface area contributed by atoms with Crippen LogP contribution in [0.1, 0.15) is 12.8 Å². The summed E-state index contributed by atoms with van der Waals surface area (Å²) in [6, 6.07) is 0. The fourth-order valence-electron chi connectivity index (χ4n) is 0.714.